The molecule has 0 radical (unpaired) electrons. The summed E-state index contributed by atoms with van der Waals surface area (Å²) >= 11 is 0. The third kappa shape index (κ3) is 2.66. The third-order valence-corrected chi connectivity index (χ3v) is 4.24. The lowest BCUT2D eigenvalue weighted by Crippen LogP contribution is -2.28. The van der Waals surface area contributed by atoms with Crippen LogP contribution in [-0.4, -0.2) is 40.4 Å². The number of hydrogen-bond donors (Lipinski definition) is 0. The molecule has 0 amide bonds. The Bertz CT molecular complexity index is 578. The van der Waals surface area contributed by atoms with Gasteiger partial charge >= 0.3 is 0 Å². The van der Waals surface area contributed by atoms with Crippen LogP contribution in [0.25, 0.3) is 10.9 Å². The lowest BCUT2D eigenvalue weighted by atomic mass is 10.2. The van der Waals surface area contributed by atoms with E-state index in [1.165, 1.54) is 19.4 Å². The third-order valence-electron chi connectivity index (χ3n) is 4.24. The second kappa shape index (κ2) is 5.83. The lowest BCUT2D eigenvalue weighted by molar-refractivity contribution is 0.227. The number of benzene rings is 1. The second-order valence-electron chi connectivity index (χ2n) is 5.68. The molecule has 1 aliphatic rings. The van der Waals surface area contributed by atoms with Crippen molar-refractivity contribution in [2.45, 2.75) is 32.2 Å². The Labute approximate surface area is 120 Å². The molecular formula is C16H23N3O. The molecule has 1 atom stereocenters. The molecule has 108 valence electrons. The first-order chi connectivity index (χ1) is 9.75. The highest BCUT2D eigenvalue weighted by Gasteiger charge is 2.19. The van der Waals surface area contributed by atoms with Crippen molar-refractivity contribution in [3.05, 3.63) is 24.3 Å². The molecule has 0 aliphatic carbocycles. The maximum absolute atomic E-state index is 5.88. The summed E-state index contributed by atoms with van der Waals surface area (Å²) in [6.45, 7) is 5.43. The molecular weight excluding hydrogens is 250 g/mol. The van der Waals surface area contributed by atoms with Gasteiger partial charge in [-0.2, -0.15) is 0 Å². The minimum atomic E-state index is 0.740. The van der Waals surface area contributed by atoms with Gasteiger partial charge in [-0.3, -0.25) is 4.68 Å². The van der Waals surface area contributed by atoms with Crippen LogP contribution >= 0.6 is 0 Å². The minimum Gasteiger partial charge on any atom is -0.476 e. The van der Waals surface area contributed by atoms with Crippen LogP contribution in [0.15, 0.2) is 24.3 Å². The van der Waals surface area contributed by atoms with Gasteiger partial charge in [-0.25, -0.2) is 0 Å². The highest BCUT2D eigenvalue weighted by molar-refractivity contribution is 5.84. The van der Waals surface area contributed by atoms with Gasteiger partial charge in [0.25, 0.3) is 0 Å². The molecule has 20 heavy (non-hydrogen) atoms. The van der Waals surface area contributed by atoms with E-state index in [0.717, 1.165) is 42.4 Å². The Hall–Kier alpha value is -1.55. The Morgan fingerprint density at radius 1 is 1.35 bits per heavy atom. The number of aryl methyl sites for hydroxylation is 1. The van der Waals surface area contributed by atoms with E-state index in [4.69, 9.17) is 4.74 Å². The van der Waals surface area contributed by atoms with Gasteiger partial charge in [0.2, 0.25) is 5.88 Å². The van der Waals surface area contributed by atoms with Crippen LogP contribution < -0.4 is 4.74 Å². The second-order valence-corrected chi connectivity index (χ2v) is 5.68. The van der Waals surface area contributed by atoms with Gasteiger partial charge in [0.1, 0.15) is 0 Å². The number of aromatic nitrogens is 2. The van der Waals surface area contributed by atoms with Crippen molar-refractivity contribution in [3.8, 4) is 5.88 Å². The molecule has 2 aromatic rings. The van der Waals surface area contributed by atoms with Crippen molar-refractivity contribution in [2.24, 2.45) is 7.05 Å². The molecule has 1 aromatic carbocycles. The monoisotopic (exact) mass is 273 g/mol. The molecule has 1 saturated heterocycles. The van der Waals surface area contributed by atoms with Crippen LogP contribution in [0.4, 0.5) is 0 Å². The lowest BCUT2D eigenvalue weighted by Gasteiger charge is -2.20. The first kappa shape index (κ1) is 13.4. The standard InChI is InChI=1S/C16H23N3O/c1-13-7-5-10-19(13)11-6-12-20-16-14-8-3-4-9-15(14)18(2)17-16/h3-4,8-9,13H,5-7,10-12H2,1-2H3. The summed E-state index contributed by atoms with van der Waals surface area (Å²) in [4.78, 5) is 2.56. The fourth-order valence-electron chi connectivity index (χ4n) is 3.05. The van der Waals surface area contributed by atoms with Crippen molar-refractivity contribution >= 4 is 10.9 Å². The van der Waals surface area contributed by atoms with E-state index in [9.17, 15) is 0 Å². The molecule has 1 aliphatic heterocycles. The zero-order valence-corrected chi connectivity index (χ0v) is 12.4. The minimum absolute atomic E-state index is 0.740. The predicted molar refractivity (Wildman–Crippen MR) is 81.1 cm³/mol. The Balaban J connectivity index is 1.55. The van der Waals surface area contributed by atoms with E-state index in [2.05, 4.69) is 29.1 Å². The molecule has 0 bridgehead atoms. The normalized spacial score (nSPS) is 19.8. The van der Waals surface area contributed by atoms with E-state index in [1.807, 2.05) is 23.9 Å². The van der Waals surface area contributed by atoms with Crippen LogP contribution in [0, 0.1) is 0 Å². The van der Waals surface area contributed by atoms with Gasteiger partial charge in [-0.05, 0) is 44.9 Å². The smallest absolute Gasteiger partial charge is 0.240 e. The van der Waals surface area contributed by atoms with Crippen LogP contribution in [-0.2, 0) is 7.05 Å². The van der Waals surface area contributed by atoms with Crippen molar-refractivity contribution < 1.29 is 4.74 Å². The summed E-state index contributed by atoms with van der Waals surface area (Å²) in [5.41, 5.74) is 1.12. The largest absolute Gasteiger partial charge is 0.476 e. The van der Waals surface area contributed by atoms with E-state index < -0.39 is 0 Å². The van der Waals surface area contributed by atoms with Gasteiger partial charge in [-0.15, -0.1) is 5.10 Å². The van der Waals surface area contributed by atoms with Gasteiger partial charge in [-0.1, -0.05) is 12.1 Å². The molecule has 0 saturated carbocycles. The summed E-state index contributed by atoms with van der Waals surface area (Å²) in [5, 5.41) is 5.56. The highest BCUT2D eigenvalue weighted by Crippen LogP contribution is 2.24. The molecule has 3 rings (SSSR count). The van der Waals surface area contributed by atoms with E-state index in [-0.39, 0.29) is 0 Å². The molecule has 1 fully saturated rings. The number of ether oxygens (including phenoxy) is 1. The SMILES string of the molecule is CC1CCCN1CCCOc1nn(C)c2ccccc12. The molecule has 2 heterocycles. The number of nitrogens with zero attached hydrogens (tertiary/aromatic N) is 3. The maximum Gasteiger partial charge on any atom is 0.240 e. The predicted octanol–water partition coefficient (Wildman–Crippen LogP) is 2.83. The summed E-state index contributed by atoms with van der Waals surface area (Å²) in [7, 11) is 1.96. The number of rotatable bonds is 5. The van der Waals surface area contributed by atoms with E-state index in [1.54, 1.807) is 0 Å². The zero-order valence-electron chi connectivity index (χ0n) is 12.4. The molecule has 1 aromatic heterocycles. The van der Waals surface area contributed by atoms with Gasteiger partial charge < -0.3 is 9.64 Å². The summed E-state index contributed by atoms with van der Waals surface area (Å²) in [6.07, 6.45) is 3.74. The van der Waals surface area contributed by atoms with E-state index >= 15 is 0 Å². The van der Waals surface area contributed by atoms with Gasteiger partial charge in [0.05, 0.1) is 17.5 Å². The van der Waals surface area contributed by atoms with Crippen LogP contribution in [0.3, 0.4) is 0 Å². The topological polar surface area (TPSA) is 30.3 Å². The molecule has 4 nitrogen and oxygen atoms in total. The fraction of sp³-hybridized carbons (Fsp3) is 0.562. The first-order valence-corrected chi connectivity index (χ1v) is 7.54. The Morgan fingerprint density at radius 2 is 2.20 bits per heavy atom. The quantitative estimate of drug-likeness (QED) is 0.785. The summed E-state index contributed by atoms with van der Waals surface area (Å²) in [6, 6.07) is 8.94. The van der Waals surface area contributed by atoms with Gasteiger partial charge in [0, 0.05) is 19.6 Å². The van der Waals surface area contributed by atoms with Crippen molar-refractivity contribution in [2.75, 3.05) is 19.7 Å². The first-order valence-electron chi connectivity index (χ1n) is 7.54. The molecule has 0 N–H and O–H groups in total. The zero-order chi connectivity index (χ0) is 13.9. The number of para-hydroxylation sites is 1. The molecule has 4 heteroatoms. The summed E-state index contributed by atoms with van der Waals surface area (Å²) in [5.74, 6) is 0.762. The average molecular weight is 273 g/mol. The average Bonchev–Trinajstić information content (AvgIpc) is 3.00. The molecule has 0 spiro atoms. The van der Waals surface area contributed by atoms with Crippen LogP contribution in [0.5, 0.6) is 5.88 Å². The van der Waals surface area contributed by atoms with Crippen LogP contribution in [0.2, 0.25) is 0 Å². The fourth-order valence-corrected chi connectivity index (χ4v) is 3.05. The highest BCUT2D eigenvalue weighted by atomic mass is 16.5. The number of likely N-dealkylation sites (tertiary alicyclic amines) is 1. The Morgan fingerprint density at radius 3 is 3.00 bits per heavy atom. The summed E-state index contributed by atoms with van der Waals surface area (Å²) < 4.78 is 7.76. The number of hydrogen-bond acceptors (Lipinski definition) is 3. The van der Waals surface area contributed by atoms with E-state index in [0.29, 0.717) is 0 Å². The molecule has 1 unspecified atom stereocenters. The maximum atomic E-state index is 5.88. The van der Waals surface area contributed by atoms with Crippen molar-refractivity contribution in [3.63, 3.8) is 0 Å². The van der Waals surface area contributed by atoms with Crippen molar-refractivity contribution in [1.82, 2.24) is 14.7 Å². The Kier molecular flexibility index (Phi) is 3.92. The van der Waals surface area contributed by atoms with Crippen molar-refractivity contribution in [1.29, 1.82) is 0 Å². The van der Waals surface area contributed by atoms with Gasteiger partial charge in [0.15, 0.2) is 0 Å². The van der Waals surface area contributed by atoms with Crippen LogP contribution in [0.1, 0.15) is 26.2 Å². The number of fused-ring (bicyclic) bond motifs is 1.